The van der Waals surface area contributed by atoms with Gasteiger partial charge in [-0.1, -0.05) is 6.07 Å². The zero-order valence-corrected chi connectivity index (χ0v) is 14.5. The zero-order chi connectivity index (χ0) is 17.8. The van der Waals surface area contributed by atoms with Crippen LogP contribution in [-0.4, -0.2) is 46.7 Å². The average Bonchev–Trinajstić information content (AvgIpc) is 3.24. The first-order valence-electron chi connectivity index (χ1n) is 8.75. The van der Waals surface area contributed by atoms with Crippen molar-refractivity contribution < 1.29 is 4.79 Å². The Balaban J connectivity index is 1.33. The second-order valence-electron chi connectivity index (χ2n) is 6.23. The smallest absolute Gasteiger partial charge is 0.321 e. The molecule has 3 aromatic rings. The van der Waals surface area contributed by atoms with E-state index in [1.165, 1.54) is 0 Å². The number of anilines is 2. The summed E-state index contributed by atoms with van der Waals surface area (Å²) in [5.74, 6) is 0.966. The maximum atomic E-state index is 12.5. The SMILES string of the molecule is O=C(Nc1ccc(-n2cccc2)cc1)N1CCN(c2ccccn2)CC1. The van der Waals surface area contributed by atoms with Crippen molar-refractivity contribution in [3.05, 3.63) is 73.2 Å². The van der Waals surface area contributed by atoms with Crippen LogP contribution in [0.15, 0.2) is 73.2 Å². The van der Waals surface area contributed by atoms with Gasteiger partial charge in [-0.2, -0.15) is 0 Å². The Kier molecular flexibility index (Phi) is 4.55. The molecule has 6 nitrogen and oxygen atoms in total. The van der Waals surface area contributed by atoms with Crippen molar-refractivity contribution >= 4 is 17.5 Å². The summed E-state index contributed by atoms with van der Waals surface area (Å²) in [5.41, 5.74) is 1.87. The lowest BCUT2D eigenvalue weighted by atomic mass is 10.2. The Labute approximate surface area is 152 Å². The van der Waals surface area contributed by atoms with Crippen molar-refractivity contribution in [3.63, 3.8) is 0 Å². The summed E-state index contributed by atoms with van der Waals surface area (Å²) >= 11 is 0. The summed E-state index contributed by atoms with van der Waals surface area (Å²) in [6, 6.07) is 17.7. The quantitative estimate of drug-likeness (QED) is 0.791. The minimum Gasteiger partial charge on any atom is -0.353 e. The molecule has 2 aromatic heterocycles. The van der Waals surface area contributed by atoms with Crippen LogP contribution in [0.3, 0.4) is 0 Å². The highest BCUT2D eigenvalue weighted by Crippen LogP contribution is 2.16. The van der Waals surface area contributed by atoms with E-state index in [1.807, 2.05) is 76.5 Å². The first-order chi connectivity index (χ1) is 12.8. The van der Waals surface area contributed by atoms with E-state index >= 15 is 0 Å². The number of amides is 2. The molecular weight excluding hydrogens is 326 g/mol. The molecule has 0 bridgehead atoms. The van der Waals surface area contributed by atoms with E-state index in [4.69, 9.17) is 0 Å². The van der Waals surface area contributed by atoms with E-state index < -0.39 is 0 Å². The van der Waals surface area contributed by atoms with Crippen LogP contribution in [0.4, 0.5) is 16.3 Å². The van der Waals surface area contributed by atoms with E-state index in [0.29, 0.717) is 13.1 Å². The highest BCUT2D eigenvalue weighted by atomic mass is 16.2. The Morgan fingerprint density at radius 1 is 0.885 bits per heavy atom. The number of pyridine rings is 1. The lowest BCUT2D eigenvalue weighted by Gasteiger charge is -2.35. The average molecular weight is 347 g/mol. The van der Waals surface area contributed by atoms with Crippen LogP contribution >= 0.6 is 0 Å². The number of hydrogen-bond acceptors (Lipinski definition) is 3. The molecule has 26 heavy (non-hydrogen) atoms. The van der Waals surface area contributed by atoms with Gasteiger partial charge in [0.25, 0.3) is 0 Å². The first kappa shape index (κ1) is 16.2. The minimum atomic E-state index is -0.0561. The van der Waals surface area contributed by atoms with Crippen molar-refractivity contribution in [1.29, 1.82) is 0 Å². The van der Waals surface area contributed by atoms with Crippen LogP contribution in [0.5, 0.6) is 0 Å². The van der Waals surface area contributed by atoms with E-state index in [-0.39, 0.29) is 6.03 Å². The predicted molar refractivity (Wildman–Crippen MR) is 103 cm³/mol. The lowest BCUT2D eigenvalue weighted by molar-refractivity contribution is 0.208. The molecule has 1 saturated heterocycles. The van der Waals surface area contributed by atoms with Crippen LogP contribution < -0.4 is 10.2 Å². The number of aromatic nitrogens is 2. The number of benzene rings is 1. The topological polar surface area (TPSA) is 53.4 Å². The number of nitrogens with zero attached hydrogens (tertiary/aromatic N) is 4. The van der Waals surface area contributed by atoms with Gasteiger partial charge < -0.3 is 19.7 Å². The number of carbonyl (C=O) groups is 1. The lowest BCUT2D eigenvalue weighted by Crippen LogP contribution is -2.50. The molecule has 4 rings (SSSR count). The molecule has 0 radical (unpaired) electrons. The fourth-order valence-corrected chi connectivity index (χ4v) is 3.11. The van der Waals surface area contributed by atoms with E-state index in [2.05, 4.69) is 15.2 Å². The van der Waals surface area contributed by atoms with Crippen molar-refractivity contribution in [2.75, 3.05) is 36.4 Å². The molecule has 2 amide bonds. The predicted octanol–water partition coefficient (Wildman–Crippen LogP) is 3.23. The molecule has 1 fully saturated rings. The molecule has 0 atom stereocenters. The maximum Gasteiger partial charge on any atom is 0.321 e. The summed E-state index contributed by atoms with van der Waals surface area (Å²) in [6.07, 6.45) is 5.79. The van der Waals surface area contributed by atoms with Gasteiger partial charge in [0.1, 0.15) is 5.82 Å². The molecule has 0 unspecified atom stereocenters. The van der Waals surface area contributed by atoms with E-state index in [0.717, 1.165) is 30.3 Å². The summed E-state index contributed by atoms with van der Waals surface area (Å²) in [7, 11) is 0. The van der Waals surface area contributed by atoms with Gasteiger partial charge in [-0.15, -0.1) is 0 Å². The molecule has 1 N–H and O–H groups in total. The number of nitrogens with one attached hydrogen (secondary N) is 1. The van der Waals surface area contributed by atoms with Crippen molar-refractivity contribution in [1.82, 2.24) is 14.5 Å². The molecular formula is C20H21N5O. The van der Waals surface area contributed by atoms with Crippen molar-refractivity contribution in [2.45, 2.75) is 0 Å². The fourth-order valence-electron chi connectivity index (χ4n) is 3.11. The summed E-state index contributed by atoms with van der Waals surface area (Å²) in [5, 5.41) is 2.98. The molecule has 0 spiro atoms. The molecule has 1 aliphatic heterocycles. The third-order valence-electron chi connectivity index (χ3n) is 4.56. The second kappa shape index (κ2) is 7.31. The normalized spacial score (nSPS) is 14.3. The standard InChI is InChI=1S/C20H21N5O/c26-20(22-17-6-8-18(9-7-17)23-11-3-4-12-23)25-15-13-24(14-16-25)19-5-1-2-10-21-19/h1-12H,13-16H2,(H,22,26). The van der Waals surface area contributed by atoms with Crippen LogP contribution in [-0.2, 0) is 0 Å². The molecule has 132 valence electrons. The van der Waals surface area contributed by atoms with Crippen LogP contribution in [0, 0.1) is 0 Å². The highest BCUT2D eigenvalue weighted by molar-refractivity contribution is 5.89. The van der Waals surface area contributed by atoms with Gasteiger partial charge in [0.05, 0.1) is 0 Å². The molecule has 6 heteroatoms. The first-order valence-corrected chi connectivity index (χ1v) is 8.75. The maximum absolute atomic E-state index is 12.5. The van der Waals surface area contributed by atoms with Gasteiger partial charge in [-0.25, -0.2) is 9.78 Å². The largest absolute Gasteiger partial charge is 0.353 e. The fraction of sp³-hybridized carbons (Fsp3) is 0.200. The zero-order valence-electron chi connectivity index (χ0n) is 14.5. The Bertz CT molecular complexity index is 838. The Morgan fingerprint density at radius 2 is 1.62 bits per heavy atom. The Morgan fingerprint density at radius 3 is 2.27 bits per heavy atom. The third kappa shape index (κ3) is 3.54. The molecule has 1 aliphatic rings. The molecule has 0 saturated carbocycles. The number of urea groups is 1. The molecule has 1 aromatic carbocycles. The highest BCUT2D eigenvalue weighted by Gasteiger charge is 2.21. The van der Waals surface area contributed by atoms with Crippen LogP contribution in [0.2, 0.25) is 0 Å². The second-order valence-corrected chi connectivity index (χ2v) is 6.23. The van der Waals surface area contributed by atoms with Crippen molar-refractivity contribution in [3.8, 4) is 5.69 Å². The Hall–Kier alpha value is -3.28. The number of hydrogen-bond donors (Lipinski definition) is 1. The summed E-state index contributed by atoms with van der Waals surface area (Å²) in [6.45, 7) is 2.95. The number of piperazine rings is 1. The van der Waals surface area contributed by atoms with Gasteiger partial charge in [0.2, 0.25) is 0 Å². The third-order valence-corrected chi connectivity index (χ3v) is 4.56. The van der Waals surface area contributed by atoms with E-state index in [9.17, 15) is 4.79 Å². The van der Waals surface area contributed by atoms with Gasteiger partial charge in [-0.3, -0.25) is 0 Å². The van der Waals surface area contributed by atoms with Crippen LogP contribution in [0.25, 0.3) is 5.69 Å². The molecule has 3 heterocycles. The van der Waals surface area contributed by atoms with Gasteiger partial charge in [-0.05, 0) is 48.5 Å². The molecule has 0 aliphatic carbocycles. The summed E-state index contributed by atoms with van der Waals surface area (Å²) < 4.78 is 2.03. The number of carbonyl (C=O) groups excluding carboxylic acids is 1. The van der Waals surface area contributed by atoms with Crippen molar-refractivity contribution in [2.24, 2.45) is 0 Å². The minimum absolute atomic E-state index is 0.0561. The number of rotatable bonds is 3. The monoisotopic (exact) mass is 347 g/mol. The van der Waals surface area contributed by atoms with Crippen LogP contribution in [0.1, 0.15) is 0 Å². The van der Waals surface area contributed by atoms with Gasteiger partial charge in [0, 0.05) is 56.1 Å². The summed E-state index contributed by atoms with van der Waals surface area (Å²) in [4.78, 5) is 20.9. The van der Waals surface area contributed by atoms with Gasteiger partial charge in [0.15, 0.2) is 0 Å². The van der Waals surface area contributed by atoms with E-state index in [1.54, 1.807) is 6.20 Å². The van der Waals surface area contributed by atoms with Gasteiger partial charge >= 0.3 is 6.03 Å².